The van der Waals surface area contributed by atoms with Crippen molar-refractivity contribution in [2.45, 2.75) is 0 Å². The predicted molar refractivity (Wildman–Crippen MR) is 105 cm³/mol. The molecular formula is C20H12Cl2FN3. The van der Waals surface area contributed by atoms with Crippen molar-refractivity contribution in [1.82, 2.24) is 9.97 Å². The molecule has 1 N–H and O–H groups in total. The van der Waals surface area contributed by atoms with E-state index in [1.54, 1.807) is 24.4 Å². The molecule has 26 heavy (non-hydrogen) atoms. The van der Waals surface area contributed by atoms with Crippen LogP contribution >= 0.6 is 23.2 Å². The smallest absolute Gasteiger partial charge is 0.123 e. The normalized spacial score (nSPS) is 10.9. The van der Waals surface area contributed by atoms with Crippen LogP contribution in [0, 0.1) is 5.82 Å². The van der Waals surface area contributed by atoms with Crippen LogP contribution in [0.1, 0.15) is 0 Å². The van der Waals surface area contributed by atoms with Gasteiger partial charge in [-0.2, -0.15) is 0 Å². The van der Waals surface area contributed by atoms with Crippen LogP contribution in [0.5, 0.6) is 0 Å². The number of nitrogens with one attached hydrogen (secondary N) is 1. The van der Waals surface area contributed by atoms with E-state index in [4.69, 9.17) is 28.2 Å². The van der Waals surface area contributed by atoms with Crippen molar-refractivity contribution in [3.05, 3.63) is 82.7 Å². The number of benzene rings is 2. The van der Waals surface area contributed by atoms with Crippen molar-refractivity contribution < 1.29 is 4.39 Å². The summed E-state index contributed by atoms with van der Waals surface area (Å²) in [6.07, 6.45) is 1.71. The molecule has 0 spiro atoms. The Kier molecular flexibility index (Phi) is 4.45. The van der Waals surface area contributed by atoms with Crippen molar-refractivity contribution in [1.29, 1.82) is 0 Å². The SMILES string of the molecule is Fc1ccc(Nc2c(Cl)cc(Cl)c3ccc(-c4ccccn4)nc23)cc1. The third-order valence-corrected chi connectivity index (χ3v) is 4.53. The van der Waals surface area contributed by atoms with Gasteiger partial charge in [-0.25, -0.2) is 9.37 Å². The molecule has 0 bridgehead atoms. The molecule has 2 aromatic carbocycles. The number of pyridine rings is 2. The molecule has 2 aromatic heterocycles. The van der Waals surface area contributed by atoms with Crippen molar-refractivity contribution in [2.24, 2.45) is 0 Å². The zero-order chi connectivity index (χ0) is 18.1. The molecule has 0 aliphatic carbocycles. The van der Waals surface area contributed by atoms with Crippen molar-refractivity contribution in [3.8, 4) is 11.4 Å². The van der Waals surface area contributed by atoms with E-state index in [1.165, 1.54) is 12.1 Å². The molecule has 6 heteroatoms. The lowest BCUT2D eigenvalue weighted by Gasteiger charge is -2.13. The molecule has 0 fully saturated rings. The number of fused-ring (bicyclic) bond motifs is 1. The minimum absolute atomic E-state index is 0.307. The van der Waals surface area contributed by atoms with Crippen LogP contribution in [0.25, 0.3) is 22.3 Å². The summed E-state index contributed by atoms with van der Waals surface area (Å²) in [4.78, 5) is 9.05. The molecule has 0 saturated heterocycles. The quantitative estimate of drug-likeness (QED) is 0.439. The zero-order valence-electron chi connectivity index (χ0n) is 13.4. The molecule has 4 aromatic rings. The summed E-state index contributed by atoms with van der Waals surface area (Å²) in [6.45, 7) is 0. The maximum atomic E-state index is 13.2. The summed E-state index contributed by atoms with van der Waals surface area (Å²) in [5, 5.41) is 4.91. The Hall–Kier alpha value is -2.69. The average Bonchev–Trinajstić information content (AvgIpc) is 2.67. The molecule has 0 radical (unpaired) electrons. The number of rotatable bonds is 3. The molecule has 0 amide bonds. The van der Waals surface area contributed by atoms with Crippen LogP contribution in [0.2, 0.25) is 10.0 Å². The fraction of sp³-hybridized carbons (Fsp3) is 0. The summed E-state index contributed by atoms with van der Waals surface area (Å²) in [6, 6.07) is 17.1. The second-order valence-corrected chi connectivity index (χ2v) is 6.47. The highest BCUT2D eigenvalue weighted by Crippen LogP contribution is 2.38. The molecule has 2 heterocycles. The minimum Gasteiger partial charge on any atom is -0.353 e. The summed E-state index contributed by atoms with van der Waals surface area (Å²) in [5.41, 5.74) is 3.38. The number of aromatic nitrogens is 2. The van der Waals surface area contributed by atoms with Gasteiger partial charge in [0.1, 0.15) is 5.82 Å². The lowest BCUT2D eigenvalue weighted by molar-refractivity contribution is 0.628. The van der Waals surface area contributed by atoms with Gasteiger partial charge in [0.05, 0.1) is 32.6 Å². The second kappa shape index (κ2) is 6.90. The van der Waals surface area contributed by atoms with Crippen LogP contribution in [0.4, 0.5) is 15.8 Å². The number of nitrogens with zero attached hydrogens (tertiary/aromatic N) is 2. The first-order chi connectivity index (χ1) is 12.6. The van der Waals surface area contributed by atoms with Crippen LogP contribution in [-0.2, 0) is 0 Å². The van der Waals surface area contributed by atoms with Gasteiger partial charge in [-0.1, -0.05) is 29.3 Å². The molecule has 0 atom stereocenters. The summed E-state index contributed by atoms with van der Waals surface area (Å²) in [7, 11) is 0. The topological polar surface area (TPSA) is 37.8 Å². The Morgan fingerprint density at radius 2 is 1.65 bits per heavy atom. The molecular weight excluding hydrogens is 372 g/mol. The number of hydrogen-bond acceptors (Lipinski definition) is 3. The average molecular weight is 384 g/mol. The van der Waals surface area contributed by atoms with E-state index in [2.05, 4.69) is 10.3 Å². The van der Waals surface area contributed by atoms with Gasteiger partial charge in [0.2, 0.25) is 0 Å². The molecule has 0 aliphatic rings. The van der Waals surface area contributed by atoms with Gasteiger partial charge in [0.25, 0.3) is 0 Å². The standard InChI is InChI=1S/C20H12Cl2FN3/c21-15-11-16(22)20(25-13-6-4-12(23)5-7-13)19-14(15)8-9-18(26-19)17-3-1-2-10-24-17/h1-11,25H. The highest BCUT2D eigenvalue weighted by Gasteiger charge is 2.14. The van der Waals surface area contributed by atoms with Gasteiger partial charge >= 0.3 is 0 Å². The van der Waals surface area contributed by atoms with Crippen molar-refractivity contribution in [2.75, 3.05) is 5.32 Å². The van der Waals surface area contributed by atoms with Crippen LogP contribution in [-0.4, -0.2) is 9.97 Å². The zero-order valence-corrected chi connectivity index (χ0v) is 14.9. The Labute approximate surface area is 159 Å². The molecule has 0 unspecified atom stereocenters. The van der Waals surface area contributed by atoms with E-state index in [0.29, 0.717) is 32.6 Å². The number of anilines is 2. The van der Waals surface area contributed by atoms with E-state index in [1.807, 2.05) is 30.3 Å². The third kappa shape index (κ3) is 3.21. The lowest BCUT2D eigenvalue weighted by atomic mass is 10.1. The highest BCUT2D eigenvalue weighted by atomic mass is 35.5. The molecule has 3 nitrogen and oxygen atoms in total. The summed E-state index contributed by atoms with van der Waals surface area (Å²) < 4.78 is 13.2. The first kappa shape index (κ1) is 16.8. The maximum Gasteiger partial charge on any atom is 0.123 e. The Morgan fingerprint density at radius 3 is 2.38 bits per heavy atom. The van der Waals surface area contributed by atoms with Crippen LogP contribution < -0.4 is 5.32 Å². The van der Waals surface area contributed by atoms with Crippen molar-refractivity contribution >= 4 is 45.5 Å². The van der Waals surface area contributed by atoms with E-state index in [0.717, 1.165) is 11.1 Å². The Balaban J connectivity index is 1.88. The maximum absolute atomic E-state index is 13.2. The number of halogens is 3. The summed E-state index contributed by atoms with van der Waals surface area (Å²) in [5.74, 6) is -0.307. The van der Waals surface area contributed by atoms with Gasteiger partial charge in [-0.15, -0.1) is 0 Å². The van der Waals surface area contributed by atoms with Gasteiger partial charge in [0, 0.05) is 17.3 Å². The van der Waals surface area contributed by atoms with E-state index in [-0.39, 0.29) is 5.82 Å². The fourth-order valence-electron chi connectivity index (χ4n) is 2.67. The first-order valence-electron chi connectivity index (χ1n) is 7.84. The number of hydrogen-bond donors (Lipinski definition) is 1. The molecule has 4 rings (SSSR count). The molecule has 0 saturated carbocycles. The van der Waals surface area contributed by atoms with E-state index in [9.17, 15) is 4.39 Å². The molecule has 0 aliphatic heterocycles. The van der Waals surface area contributed by atoms with Crippen molar-refractivity contribution in [3.63, 3.8) is 0 Å². The third-order valence-electron chi connectivity index (χ3n) is 3.92. The molecule has 128 valence electrons. The monoisotopic (exact) mass is 383 g/mol. The van der Waals surface area contributed by atoms with E-state index < -0.39 is 0 Å². The van der Waals surface area contributed by atoms with E-state index >= 15 is 0 Å². The van der Waals surface area contributed by atoms with Crippen LogP contribution in [0.3, 0.4) is 0 Å². The predicted octanol–water partition coefficient (Wildman–Crippen LogP) is 6.49. The van der Waals surface area contributed by atoms with Gasteiger partial charge in [0.15, 0.2) is 0 Å². The van der Waals surface area contributed by atoms with Gasteiger partial charge in [-0.05, 0) is 54.6 Å². The van der Waals surface area contributed by atoms with Gasteiger partial charge < -0.3 is 5.32 Å². The Morgan fingerprint density at radius 1 is 0.846 bits per heavy atom. The largest absolute Gasteiger partial charge is 0.353 e. The first-order valence-corrected chi connectivity index (χ1v) is 8.60. The highest BCUT2D eigenvalue weighted by molar-refractivity contribution is 6.40. The Bertz CT molecular complexity index is 1080. The summed E-state index contributed by atoms with van der Waals surface area (Å²) >= 11 is 12.8. The van der Waals surface area contributed by atoms with Crippen LogP contribution in [0.15, 0.2) is 66.9 Å². The second-order valence-electron chi connectivity index (χ2n) is 5.65. The fourth-order valence-corrected chi connectivity index (χ4v) is 3.23. The minimum atomic E-state index is -0.307. The lowest BCUT2D eigenvalue weighted by Crippen LogP contribution is -1.96. The van der Waals surface area contributed by atoms with Gasteiger partial charge in [-0.3, -0.25) is 4.98 Å².